The van der Waals surface area contributed by atoms with E-state index in [-0.39, 0.29) is 5.82 Å². The number of hydrogen-bond acceptors (Lipinski definition) is 2. The molecule has 0 amide bonds. The van der Waals surface area contributed by atoms with E-state index >= 15 is 0 Å². The summed E-state index contributed by atoms with van der Waals surface area (Å²) in [7, 11) is 2.08. The van der Waals surface area contributed by atoms with E-state index in [1.165, 1.54) is 0 Å². The van der Waals surface area contributed by atoms with Crippen molar-refractivity contribution in [1.82, 2.24) is 10.2 Å². The lowest BCUT2D eigenvalue weighted by Crippen LogP contribution is -2.30. The molecule has 0 aromatic heterocycles. The second kappa shape index (κ2) is 9.16. The maximum absolute atomic E-state index is 14.0. The van der Waals surface area contributed by atoms with Crippen molar-refractivity contribution in [2.75, 3.05) is 13.6 Å². The third kappa shape index (κ3) is 6.58. The normalized spacial score (nSPS) is 13.1. The van der Waals surface area contributed by atoms with Gasteiger partial charge < -0.3 is 5.32 Å². The van der Waals surface area contributed by atoms with Crippen molar-refractivity contribution in [1.29, 1.82) is 0 Å². The average Bonchev–Trinajstić information content (AvgIpc) is 2.41. The Morgan fingerprint density at radius 3 is 2.57 bits per heavy atom. The van der Waals surface area contributed by atoms with E-state index in [4.69, 9.17) is 0 Å². The van der Waals surface area contributed by atoms with Crippen LogP contribution in [-0.2, 0) is 13.1 Å². The zero-order valence-corrected chi connectivity index (χ0v) is 14.2. The molecule has 2 nitrogen and oxygen atoms in total. The van der Waals surface area contributed by atoms with E-state index in [0.29, 0.717) is 18.5 Å². The lowest BCUT2D eigenvalue weighted by molar-refractivity contribution is 0.218. The Morgan fingerprint density at radius 2 is 1.95 bits per heavy atom. The van der Waals surface area contributed by atoms with Crippen molar-refractivity contribution >= 4 is 0 Å². The summed E-state index contributed by atoms with van der Waals surface area (Å²) in [6, 6.07) is 5.93. The summed E-state index contributed by atoms with van der Waals surface area (Å²) >= 11 is 0. The fourth-order valence-corrected chi connectivity index (χ4v) is 2.56. The summed E-state index contributed by atoms with van der Waals surface area (Å²) in [6.45, 7) is 11.3. The van der Waals surface area contributed by atoms with Crippen molar-refractivity contribution in [3.8, 4) is 0 Å². The highest BCUT2D eigenvalue weighted by molar-refractivity contribution is 5.25. The van der Waals surface area contributed by atoms with Gasteiger partial charge in [-0.05, 0) is 50.9 Å². The zero-order valence-electron chi connectivity index (χ0n) is 14.2. The summed E-state index contributed by atoms with van der Waals surface area (Å²) in [6.07, 6.45) is 2.25. The van der Waals surface area contributed by atoms with E-state index in [1.807, 2.05) is 12.1 Å². The number of hydrogen-bond donors (Lipinski definition) is 1. The zero-order chi connectivity index (χ0) is 15.8. The van der Waals surface area contributed by atoms with Crippen LogP contribution in [-0.4, -0.2) is 24.5 Å². The Balaban J connectivity index is 2.66. The van der Waals surface area contributed by atoms with Crippen LogP contribution >= 0.6 is 0 Å². The third-order valence-electron chi connectivity index (χ3n) is 3.85. The summed E-state index contributed by atoms with van der Waals surface area (Å²) in [5, 5.41) is 3.36. The topological polar surface area (TPSA) is 15.3 Å². The molecular weight excluding hydrogens is 263 g/mol. The van der Waals surface area contributed by atoms with E-state index < -0.39 is 0 Å². The van der Waals surface area contributed by atoms with Gasteiger partial charge in [0.15, 0.2) is 0 Å². The standard InChI is InChI=1S/C18H31FN2/c1-6-9-20-12-16-7-8-18(19)17(11-16)13-21(5)15(4)10-14(2)3/h7-8,11,14-15,20H,6,9-10,12-13H2,1-5H3. The molecule has 0 fully saturated rings. The van der Waals surface area contributed by atoms with Gasteiger partial charge in [0.1, 0.15) is 5.82 Å². The molecule has 3 heteroatoms. The van der Waals surface area contributed by atoms with E-state index in [1.54, 1.807) is 6.07 Å². The van der Waals surface area contributed by atoms with Crippen LogP contribution in [0.15, 0.2) is 18.2 Å². The molecule has 1 unspecified atom stereocenters. The number of nitrogens with one attached hydrogen (secondary N) is 1. The molecule has 1 atom stereocenters. The van der Waals surface area contributed by atoms with Gasteiger partial charge in [0.05, 0.1) is 0 Å². The minimum Gasteiger partial charge on any atom is -0.313 e. The highest BCUT2D eigenvalue weighted by atomic mass is 19.1. The summed E-state index contributed by atoms with van der Waals surface area (Å²) in [5.41, 5.74) is 1.95. The summed E-state index contributed by atoms with van der Waals surface area (Å²) in [4.78, 5) is 2.24. The molecule has 0 heterocycles. The van der Waals surface area contributed by atoms with Crippen molar-refractivity contribution in [3.63, 3.8) is 0 Å². The van der Waals surface area contributed by atoms with Crippen molar-refractivity contribution in [2.24, 2.45) is 5.92 Å². The molecule has 120 valence electrons. The SMILES string of the molecule is CCCNCc1ccc(F)c(CN(C)C(C)CC(C)C)c1. The van der Waals surface area contributed by atoms with Crippen molar-refractivity contribution < 1.29 is 4.39 Å². The van der Waals surface area contributed by atoms with Crippen LogP contribution in [0.4, 0.5) is 4.39 Å². The quantitative estimate of drug-likeness (QED) is 0.687. The first-order valence-corrected chi connectivity index (χ1v) is 8.12. The van der Waals surface area contributed by atoms with Gasteiger partial charge in [0.25, 0.3) is 0 Å². The van der Waals surface area contributed by atoms with Crippen LogP contribution < -0.4 is 5.32 Å². The Labute approximate surface area is 129 Å². The number of nitrogens with zero attached hydrogens (tertiary/aromatic N) is 1. The van der Waals surface area contributed by atoms with Crippen LogP contribution in [0.25, 0.3) is 0 Å². The molecule has 0 saturated heterocycles. The molecule has 1 rings (SSSR count). The molecule has 1 aromatic carbocycles. The van der Waals surface area contributed by atoms with Crippen LogP contribution in [0.2, 0.25) is 0 Å². The molecule has 0 aliphatic heterocycles. The van der Waals surface area contributed by atoms with Gasteiger partial charge in [-0.3, -0.25) is 4.90 Å². The monoisotopic (exact) mass is 294 g/mol. The van der Waals surface area contributed by atoms with E-state index in [2.05, 4.69) is 45.0 Å². The molecule has 0 bridgehead atoms. The molecule has 0 radical (unpaired) electrons. The van der Waals surface area contributed by atoms with Crippen LogP contribution in [0.5, 0.6) is 0 Å². The number of rotatable bonds is 9. The predicted molar refractivity (Wildman–Crippen MR) is 88.8 cm³/mol. The lowest BCUT2D eigenvalue weighted by Gasteiger charge is -2.26. The summed E-state index contributed by atoms with van der Waals surface area (Å²) in [5.74, 6) is 0.565. The maximum Gasteiger partial charge on any atom is 0.127 e. The highest BCUT2D eigenvalue weighted by Crippen LogP contribution is 2.16. The smallest absolute Gasteiger partial charge is 0.127 e. The fourth-order valence-electron chi connectivity index (χ4n) is 2.56. The average molecular weight is 294 g/mol. The van der Waals surface area contributed by atoms with Gasteiger partial charge in [-0.15, -0.1) is 0 Å². The van der Waals surface area contributed by atoms with Gasteiger partial charge >= 0.3 is 0 Å². The Morgan fingerprint density at radius 1 is 1.24 bits per heavy atom. The summed E-state index contributed by atoms with van der Waals surface area (Å²) < 4.78 is 14.0. The first kappa shape index (κ1) is 18.1. The van der Waals surface area contributed by atoms with Crippen LogP contribution in [0.3, 0.4) is 0 Å². The third-order valence-corrected chi connectivity index (χ3v) is 3.85. The van der Waals surface area contributed by atoms with Crippen molar-refractivity contribution in [2.45, 2.75) is 59.7 Å². The van der Waals surface area contributed by atoms with Gasteiger partial charge in [-0.1, -0.05) is 32.9 Å². The van der Waals surface area contributed by atoms with Gasteiger partial charge in [0, 0.05) is 24.7 Å². The molecule has 0 spiro atoms. The van der Waals surface area contributed by atoms with Crippen LogP contribution in [0.1, 0.15) is 51.7 Å². The molecule has 1 N–H and O–H groups in total. The maximum atomic E-state index is 14.0. The molecular formula is C18H31FN2. The molecule has 0 aliphatic rings. The predicted octanol–water partition coefficient (Wildman–Crippen LogP) is 4.19. The molecule has 21 heavy (non-hydrogen) atoms. The first-order chi connectivity index (χ1) is 9.93. The molecule has 0 aliphatic carbocycles. The minimum absolute atomic E-state index is 0.0992. The van der Waals surface area contributed by atoms with E-state index in [0.717, 1.165) is 37.1 Å². The van der Waals surface area contributed by atoms with Crippen LogP contribution in [0, 0.1) is 11.7 Å². The Kier molecular flexibility index (Phi) is 7.91. The van der Waals surface area contributed by atoms with Gasteiger partial charge in [-0.25, -0.2) is 4.39 Å². The van der Waals surface area contributed by atoms with Gasteiger partial charge in [-0.2, -0.15) is 0 Å². The Bertz CT molecular complexity index is 418. The number of halogens is 1. The molecule has 1 aromatic rings. The largest absolute Gasteiger partial charge is 0.313 e. The lowest BCUT2D eigenvalue weighted by atomic mass is 10.0. The first-order valence-electron chi connectivity index (χ1n) is 8.12. The van der Waals surface area contributed by atoms with Crippen molar-refractivity contribution in [3.05, 3.63) is 35.1 Å². The van der Waals surface area contributed by atoms with Gasteiger partial charge in [0.2, 0.25) is 0 Å². The Hall–Kier alpha value is -0.930. The van der Waals surface area contributed by atoms with E-state index in [9.17, 15) is 4.39 Å². The second-order valence-corrected chi connectivity index (χ2v) is 6.50. The minimum atomic E-state index is -0.0992. The molecule has 0 saturated carbocycles. The fraction of sp³-hybridized carbons (Fsp3) is 0.667. The highest BCUT2D eigenvalue weighted by Gasteiger charge is 2.13. The second-order valence-electron chi connectivity index (χ2n) is 6.50. The number of benzene rings is 1.